The predicted octanol–water partition coefficient (Wildman–Crippen LogP) is 1.10. The van der Waals surface area contributed by atoms with Gasteiger partial charge in [-0.2, -0.15) is 17.0 Å². The zero-order valence-corrected chi connectivity index (χ0v) is 13.2. The van der Waals surface area contributed by atoms with Gasteiger partial charge in [-0.3, -0.25) is 0 Å². The van der Waals surface area contributed by atoms with Crippen molar-refractivity contribution in [3.8, 4) is 5.88 Å². The number of aromatic nitrogens is 1. The van der Waals surface area contributed by atoms with E-state index in [1.54, 1.807) is 12.3 Å². The van der Waals surface area contributed by atoms with Crippen LogP contribution < -0.4 is 4.74 Å². The molecule has 0 bridgehead atoms. The first kappa shape index (κ1) is 14.7. The Morgan fingerprint density at radius 3 is 2.79 bits per heavy atom. The molecule has 0 aliphatic carbocycles. The third-order valence-electron chi connectivity index (χ3n) is 2.88. The molecule has 0 saturated carbocycles. The van der Waals surface area contributed by atoms with Gasteiger partial charge >= 0.3 is 0 Å². The lowest BCUT2D eigenvalue weighted by Crippen LogP contribution is -2.39. The van der Waals surface area contributed by atoms with Crippen molar-refractivity contribution in [2.45, 2.75) is 12.5 Å². The van der Waals surface area contributed by atoms with Crippen LogP contribution in [0.5, 0.6) is 5.88 Å². The Morgan fingerprint density at radius 2 is 2.21 bits per heavy atom. The molecule has 1 aromatic heterocycles. The van der Waals surface area contributed by atoms with Crippen LogP contribution in [-0.4, -0.2) is 55.3 Å². The van der Waals surface area contributed by atoms with Crippen LogP contribution in [0.15, 0.2) is 22.8 Å². The highest BCUT2D eigenvalue weighted by Gasteiger charge is 2.33. The van der Waals surface area contributed by atoms with Crippen molar-refractivity contribution in [2.24, 2.45) is 0 Å². The number of nitrogens with zero attached hydrogens (tertiary/aromatic N) is 3. The zero-order chi connectivity index (χ0) is 14.0. The Kier molecular flexibility index (Phi) is 4.44. The van der Waals surface area contributed by atoms with Gasteiger partial charge in [0.05, 0.1) is 6.54 Å². The second-order valence-electron chi connectivity index (χ2n) is 4.49. The second kappa shape index (κ2) is 5.74. The van der Waals surface area contributed by atoms with Gasteiger partial charge in [0, 0.05) is 37.4 Å². The third-order valence-corrected chi connectivity index (χ3v) is 5.26. The van der Waals surface area contributed by atoms with Crippen LogP contribution in [0.1, 0.15) is 6.42 Å². The lowest BCUT2D eigenvalue weighted by Gasteiger charge is -2.20. The number of ether oxygens (including phenoxy) is 1. The molecule has 6 nitrogen and oxygen atoms in total. The molecule has 1 aliphatic heterocycles. The summed E-state index contributed by atoms with van der Waals surface area (Å²) >= 11 is 3.30. The van der Waals surface area contributed by atoms with Crippen LogP contribution in [0.4, 0.5) is 0 Å². The maximum Gasteiger partial charge on any atom is 0.281 e. The number of pyridine rings is 1. The molecule has 19 heavy (non-hydrogen) atoms. The van der Waals surface area contributed by atoms with E-state index in [9.17, 15) is 8.42 Å². The lowest BCUT2D eigenvalue weighted by atomic mass is 10.3. The maximum atomic E-state index is 11.9. The number of halogens is 1. The summed E-state index contributed by atoms with van der Waals surface area (Å²) in [6, 6.07) is 3.60. The summed E-state index contributed by atoms with van der Waals surface area (Å²) in [5.74, 6) is 0.511. The van der Waals surface area contributed by atoms with E-state index in [1.807, 2.05) is 6.07 Å². The van der Waals surface area contributed by atoms with E-state index in [1.165, 1.54) is 22.7 Å². The second-order valence-corrected chi connectivity index (χ2v) is 7.55. The van der Waals surface area contributed by atoms with Crippen molar-refractivity contribution in [3.05, 3.63) is 22.8 Å². The van der Waals surface area contributed by atoms with Gasteiger partial charge < -0.3 is 4.74 Å². The molecule has 0 spiro atoms. The van der Waals surface area contributed by atoms with Crippen LogP contribution in [0.2, 0.25) is 0 Å². The largest absolute Gasteiger partial charge is 0.473 e. The summed E-state index contributed by atoms with van der Waals surface area (Å²) in [4.78, 5) is 4.12. The molecular formula is C11H16BrN3O3S. The highest BCUT2D eigenvalue weighted by atomic mass is 79.9. The van der Waals surface area contributed by atoms with Crippen LogP contribution in [-0.2, 0) is 10.2 Å². The average Bonchev–Trinajstić information content (AvgIpc) is 2.81. The van der Waals surface area contributed by atoms with E-state index >= 15 is 0 Å². The topological polar surface area (TPSA) is 62.7 Å². The molecule has 2 rings (SSSR count). The molecule has 2 heterocycles. The average molecular weight is 350 g/mol. The molecule has 0 aromatic carbocycles. The van der Waals surface area contributed by atoms with Gasteiger partial charge in [-0.05, 0) is 28.4 Å². The van der Waals surface area contributed by atoms with Crippen LogP contribution >= 0.6 is 15.9 Å². The van der Waals surface area contributed by atoms with Gasteiger partial charge in [-0.25, -0.2) is 4.98 Å². The lowest BCUT2D eigenvalue weighted by molar-refractivity contribution is 0.206. The molecular weight excluding hydrogens is 334 g/mol. The highest BCUT2D eigenvalue weighted by molar-refractivity contribution is 9.10. The fourth-order valence-corrected chi connectivity index (χ4v) is 3.22. The fourth-order valence-electron chi connectivity index (χ4n) is 1.84. The molecule has 0 N–H and O–H groups in total. The van der Waals surface area contributed by atoms with Crippen molar-refractivity contribution in [2.75, 3.05) is 27.2 Å². The number of hydrogen-bond donors (Lipinski definition) is 0. The van der Waals surface area contributed by atoms with Crippen molar-refractivity contribution >= 4 is 26.1 Å². The van der Waals surface area contributed by atoms with E-state index in [0.717, 1.165) is 4.47 Å². The van der Waals surface area contributed by atoms with Crippen LogP contribution in [0.3, 0.4) is 0 Å². The van der Waals surface area contributed by atoms with Crippen molar-refractivity contribution in [3.63, 3.8) is 0 Å². The summed E-state index contributed by atoms with van der Waals surface area (Å²) in [6.45, 7) is 0.833. The minimum absolute atomic E-state index is 0.150. The number of rotatable bonds is 4. The van der Waals surface area contributed by atoms with Crippen molar-refractivity contribution in [1.82, 2.24) is 13.6 Å². The smallest absolute Gasteiger partial charge is 0.281 e. The first-order valence-electron chi connectivity index (χ1n) is 5.85. The Morgan fingerprint density at radius 1 is 1.47 bits per heavy atom. The van der Waals surface area contributed by atoms with E-state index < -0.39 is 10.2 Å². The molecule has 8 heteroatoms. The molecule has 1 saturated heterocycles. The van der Waals surface area contributed by atoms with E-state index in [-0.39, 0.29) is 6.10 Å². The zero-order valence-electron chi connectivity index (χ0n) is 10.8. The molecule has 106 valence electrons. The Bertz CT molecular complexity index is 533. The van der Waals surface area contributed by atoms with Gasteiger partial charge in [-0.1, -0.05) is 0 Å². The van der Waals surface area contributed by atoms with Gasteiger partial charge in [0.25, 0.3) is 10.2 Å². The highest BCUT2D eigenvalue weighted by Crippen LogP contribution is 2.20. The fraction of sp³-hybridized carbons (Fsp3) is 0.545. The minimum atomic E-state index is -3.35. The van der Waals surface area contributed by atoms with Gasteiger partial charge in [0.2, 0.25) is 5.88 Å². The summed E-state index contributed by atoms with van der Waals surface area (Å²) in [6.07, 6.45) is 2.17. The van der Waals surface area contributed by atoms with Crippen molar-refractivity contribution < 1.29 is 13.2 Å². The third kappa shape index (κ3) is 3.44. The Hall–Kier alpha value is -0.700. The van der Waals surface area contributed by atoms with Gasteiger partial charge in [-0.15, -0.1) is 0 Å². The van der Waals surface area contributed by atoms with E-state index in [2.05, 4.69) is 20.9 Å². The SMILES string of the molecule is CN(C)S(=O)(=O)N1CCC(Oc2ccc(Br)cn2)C1. The van der Waals surface area contributed by atoms with Crippen molar-refractivity contribution in [1.29, 1.82) is 0 Å². The van der Waals surface area contributed by atoms with E-state index in [4.69, 9.17) is 4.74 Å². The quantitative estimate of drug-likeness (QED) is 0.816. The Labute approximate surface area is 121 Å². The monoisotopic (exact) mass is 349 g/mol. The summed E-state index contributed by atoms with van der Waals surface area (Å²) in [5.41, 5.74) is 0. The minimum Gasteiger partial charge on any atom is -0.473 e. The predicted molar refractivity (Wildman–Crippen MR) is 75.1 cm³/mol. The summed E-state index contributed by atoms with van der Waals surface area (Å²) in [5, 5.41) is 0. The summed E-state index contributed by atoms with van der Waals surface area (Å²) < 4.78 is 33.1. The molecule has 1 aliphatic rings. The van der Waals surface area contributed by atoms with Crippen LogP contribution in [0, 0.1) is 0 Å². The van der Waals surface area contributed by atoms with Gasteiger partial charge in [0.1, 0.15) is 6.10 Å². The first-order valence-corrected chi connectivity index (χ1v) is 8.04. The standard InChI is InChI=1S/C11H16BrN3O3S/c1-14(2)19(16,17)15-6-5-10(8-15)18-11-4-3-9(12)7-13-11/h3-4,7,10H,5-6,8H2,1-2H3. The molecule has 1 aromatic rings. The Balaban J connectivity index is 1.98. The normalized spacial score (nSPS) is 20.9. The first-order chi connectivity index (χ1) is 8.89. The molecule has 1 unspecified atom stereocenters. The van der Waals surface area contributed by atoms with Crippen LogP contribution in [0.25, 0.3) is 0 Å². The number of hydrogen-bond acceptors (Lipinski definition) is 4. The molecule has 1 fully saturated rings. The maximum absolute atomic E-state index is 11.9. The molecule has 0 radical (unpaired) electrons. The van der Waals surface area contributed by atoms with E-state index in [0.29, 0.717) is 25.4 Å². The van der Waals surface area contributed by atoms with Gasteiger partial charge in [0.15, 0.2) is 0 Å². The molecule has 1 atom stereocenters. The summed E-state index contributed by atoms with van der Waals surface area (Å²) in [7, 11) is -0.295. The molecule has 0 amide bonds.